The van der Waals surface area contributed by atoms with Crippen molar-refractivity contribution in [3.05, 3.63) is 65.2 Å². The average molecular weight is 291 g/mol. The molecule has 0 heterocycles. The van der Waals surface area contributed by atoms with Gasteiger partial charge in [-0.1, -0.05) is 43.3 Å². The molecule has 21 heavy (non-hydrogen) atoms. The molecule has 112 valence electrons. The van der Waals surface area contributed by atoms with Crippen molar-refractivity contribution in [2.45, 2.75) is 26.0 Å². The predicted molar refractivity (Wildman–Crippen MR) is 79.8 cm³/mol. The minimum absolute atomic E-state index is 0.0251. The minimum Gasteiger partial charge on any atom is -0.435 e. The number of rotatable bonds is 6. The highest BCUT2D eigenvalue weighted by Crippen LogP contribution is 2.25. The molecule has 2 nitrogen and oxygen atoms in total. The third-order valence-electron chi connectivity index (χ3n) is 3.42. The highest BCUT2D eigenvalue weighted by atomic mass is 19.3. The van der Waals surface area contributed by atoms with E-state index < -0.39 is 6.61 Å². The van der Waals surface area contributed by atoms with Crippen molar-refractivity contribution in [2.75, 3.05) is 7.05 Å². The zero-order chi connectivity index (χ0) is 15.2. The molecule has 0 saturated heterocycles. The molecule has 0 aromatic heterocycles. The second-order valence-corrected chi connectivity index (χ2v) is 4.77. The molecular formula is C17H19F2NO. The maximum atomic E-state index is 12.2. The molecule has 0 amide bonds. The van der Waals surface area contributed by atoms with Crippen LogP contribution in [-0.4, -0.2) is 13.7 Å². The summed E-state index contributed by atoms with van der Waals surface area (Å²) in [5, 5.41) is 3.26. The summed E-state index contributed by atoms with van der Waals surface area (Å²) < 4.78 is 28.7. The Bertz CT molecular complexity index is 569. The Morgan fingerprint density at radius 1 is 1.05 bits per heavy atom. The quantitative estimate of drug-likeness (QED) is 0.863. The maximum absolute atomic E-state index is 12.2. The summed E-state index contributed by atoms with van der Waals surface area (Å²) in [6, 6.07) is 15.1. The van der Waals surface area contributed by atoms with E-state index >= 15 is 0 Å². The smallest absolute Gasteiger partial charge is 0.387 e. The molecule has 0 aliphatic heterocycles. The van der Waals surface area contributed by atoms with E-state index in [2.05, 4.69) is 35.2 Å². The van der Waals surface area contributed by atoms with E-state index in [-0.39, 0.29) is 11.8 Å². The van der Waals surface area contributed by atoms with Crippen molar-refractivity contribution in [1.82, 2.24) is 5.32 Å². The van der Waals surface area contributed by atoms with E-state index in [1.807, 2.05) is 13.1 Å². The van der Waals surface area contributed by atoms with Crippen molar-refractivity contribution in [2.24, 2.45) is 0 Å². The van der Waals surface area contributed by atoms with Crippen LogP contribution in [0.25, 0.3) is 0 Å². The van der Waals surface area contributed by atoms with E-state index in [1.165, 1.54) is 5.56 Å². The molecule has 2 aromatic carbocycles. The molecular weight excluding hydrogens is 272 g/mol. The standard InChI is InChI=1S/C17H19F2NO/c1-3-12-5-4-6-14(11-12)16(20-2)13-7-9-15(10-8-13)21-17(18)19/h4-11,16-17,20H,3H2,1-2H3. The summed E-state index contributed by atoms with van der Waals surface area (Å²) in [6.45, 7) is -0.679. The molecule has 0 aliphatic carbocycles. The molecule has 1 N–H and O–H groups in total. The summed E-state index contributed by atoms with van der Waals surface area (Å²) in [7, 11) is 1.88. The van der Waals surface area contributed by atoms with Crippen molar-refractivity contribution < 1.29 is 13.5 Å². The van der Waals surface area contributed by atoms with Crippen LogP contribution in [0.2, 0.25) is 0 Å². The zero-order valence-electron chi connectivity index (χ0n) is 12.1. The normalized spacial score (nSPS) is 12.4. The van der Waals surface area contributed by atoms with Gasteiger partial charge in [0, 0.05) is 0 Å². The van der Waals surface area contributed by atoms with Crippen LogP contribution in [0.3, 0.4) is 0 Å². The molecule has 4 heteroatoms. The van der Waals surface area contributed by atoms with E-state index in [9.17, 15) is 8.78 Å². The fourth-order valence-corrected chi connectivity index (χ4v) is 2.36. The number of alkyl halides is 2. The van der Waals surface area contributed by atoms with Crippen molar-refractivity contribution >= 4 is 0 Å². The van der Waals surface area contributed by atoms with Crippen molar-refractivity contribution in [3.63, 3.8) is 0 Å². The molecule has 2 aromatic rings. The van der Waals surface area contributed by atoms with Crippen molar-refractivity contribution in [1.29, 1.82) is 0 Å². The van der Waals surface area contributed by atoms with Crippen molar-refractivity contribution in [3.8, 4) is 5.75 Å². The van der Waals surface area contributed by atoms with Gasteiger partial charge in [-0.05, 0) is 42.3 Å². The lowest BCUT2D eigenvalue weighted by Crippen LogP contribution is -2.17. The first-order valence-corrected chi connectivity index (χ1v) is 6.95. The summed E-state index contributed by atoms with van der Waals surface area (Å²) in [5.41, 5.74) is 3.43. The predicted octanol–water partition coefficient (Wildman–Crippen LogP) is 4.16. The second kappa shape index (κ2) is 7.18. The van der Waals surface area contributed by atoms with Crippen LogP contribution < -0.4 is 10.1 Å². The maximum Gasteiger partial charge on any atom is 0.387 e. The number of ether oxygens (including phenoxy) is 1. The molecule has 0 bridgehead atoms. The topological polar surface area (TPSA) is 21.3 Å². The molecule has 2 rings (SSSR count). The Labute approximate surface area is 123 Å². The van der Waals surface area contributed by atoms with Gasteiger partial charge in [0.15, 0.2) is 0 Å². The van der Waals surface area contributed by atoms with Gasteiger partial charge in [-0.3, -0.25) is 0 Å². The van der Waals surface area contributed by atoms with Gasteiger partial charge in [0.25, 0.3) is 0 Å². The van der Waals surface area contributed by atoms with Crippen LogP contribution in [0.4, 0.5) is 8.78 Å². The van der Waals surface area contributed by atoms with Crippen LogP contribution in [0, 0.1) is 0 Å². The minimum atomic E-state index is -2.79. The lowest BCUT2D eigenvalue weighted by Gasteiger charge is -2.18. The van der Waals surface area contributed by atoms with Gasteiger partial charge in [0.2, 0.25) is 0 Å². The Morgan fingerprint density at radius 2 is 1.76 bits per heavy atom. The van der Waals surface area contributed by atoms with Gasteiger partial charge in [0.05, 0.1) is 6.04 Å². The number of nitrogens with one attached hydrogen (secondary N) is 1. The summed E-state index contributed by atoms with van der Waals surface area (Å²) in [4.78, 5) is 0. The lowest BCUT2D eigenvalue weighted by molar-refractivity contribution is -0.0498. The molecule has 1 atom stereocenters. The van der Waals surface area contributed by atoms with Gasteiger partial charge in [-0.25, -0.2) is 0 Å². The Morgan fingerprint density at radius 3 is 2.33 bits per heavy atom. The molecule has 0 saturated carbocycles. The van der Waals surface area contributed by atoms with Crippen LogP contribution in [0.15, 0.2) is 48.5 Å². The second-order valence-electron chi connectivity index (χ2n) is 4.77. The molecule has 1 unspecified atom stereocenters. The Kier molecular flexibility index (Phi) is 5.28. The fourth-order valence-electron chi connectivity index (χ4n) is 2.36. The lowest BCUT2D eigenvalue weighted by atomic mass is 9.96. The van der Waals surface area contributed by atoms with E-state index in [0.29, 0.717) is 0 Å². The Hall–Kier alpha value is -1.94. The molecule has 0 aliphatic rings. The van der Waals surface area contributed by atoms with Gasteiger partial charge < -0.3 is 10.1 Å². The van der Waals surface area contributed by atoms with E-state index in [4.69, 9.17) is 0 Å². The average Bonchev–Trinajstić information content (AvgIpc) is 2.49. The Balaban J connectivity index is 2.24. The van der Waals surface area contributed by atoms with E-state index in [1.54, 1.807) is 24.3 Å². The summed E-state index contributed by atoms with van der Waals surface area (Å²) in [5.74, 6) is 0.172. The molecule has 0 radical (unpaired) electrons. The third kappa shape index (κ3) is 4.02. The van der Waals surface area contributed by atoms with Gasteiger partial charge in [-0.2, -0.15) is 8.78 Å². The van der Waals surface area contributed by atoms with Gasteiger partial charge in [-0.15, -0.1) is 0 Å². The SMILES string of the molecule is CCc1cccc(C(NC)c2ccc(OC(F)F)cc2)c1. The number of halogens is 2. The van der Waals surface area contributed by atoms with Crippen LogP contribution in [0.1, 0.15) is 29.7 Å². The van der Waals surface area contributed by atoms with Crippen LogP contribution in [0.5, 0.6) is 5.75 Å². The largest absolute Gasteiger partial charge is 0.435 e. The molecule has 0 fully saturated rings. The first-order valence-electron chi connectivity index (χ1n) is 6.95. The number of hydrogen-bond donors (Lipinski definition) is 1. The first kappa shape index (κ1) is 15.4. The van der Waals surface area contributed by atoms with Gasteiger partial charge in [0.1, 0.15) is 5.75 Å². The fraction of sp³-hybridized carbons (Fsp3) is 0.294. The third-order valence-corrected chi connectivity index (χ3v) is 3.42. The highest BCUT2D eigenvalue weighted by Gasteiger charge is 2.13. The number of benzene rings is 2. The first-order chi connectivity index (χ1) is 10.1. The van der Waals surface area contributed by atoms with Crippen LogP contribution >= 0.6 is 0 Å². The summed E-state index contributed by atoms with van der Waals surface area (Å²) in [6.07, 6.45) is 0.978. The van der Waals surface area contributed by atoms with E-state index in [0.717, 1.165) is 17.5 Å². The summed E-state index contributed by atoms with van der Waals surface area (Å²) >= 11 is 0. The number of aryl methyl sites for hydroxylation is 1. The highest BCUT2D eigenvalue weighted by molar-refractivity contribution is 5.37. The number of hydrogen-bond acceptors (Lipinski definition) is 2. The zero-order valence-corrected chi connectivity index (χ0v) is 12.1. The van der Waals surface area contributed by atoms with Gasteiger partial charge >= 0.3 is 6.61 Å². The monoisotopic (exact) mass is 291 g/mol. The van der Waals surface area contributed by atoms with Crippen LogP contribution in [-0.2, 0) is 6.42 Å². The molecule has 0 spiro atoms.